The Labute approximate surface area is 128 Å². The molecule has 2 rings (SSSR count). The molecule has 5 nitrogen and oxygen atoms in total. The Bertz CT molecular complexity index is 548. The van der Waals surface area contributed by atoms with Crippen molar-refractivity contribution in [1.82, 2.24) is 4.90 Å². The van der Waals surface area contributed by atoms with E-state index in [1.165, 1.54) is 0 Å². The van der Waals surface area contributed by atoms with Crippen molar-refractivity contribution in [3.05, 3.63) is 29.3 Å². The van der Waals surface area contributed by atoms with E-state index in [0.717, 1.165) is 0 Å². The van der Waals surface area contributed by atoms with Gasteiger partial charge in [-0.1, -0.05) is 23.7 Å². The predicted octanol–water partition coefficient (Wildman–Crippen LogP) is 2.43. The molecule has 0 saturated carbocycles. The summed E-state index contributed by atoms with van der Waals surface area (Å²) in [5, 5.41) is 9.70. The van der Waals surface area contributed by atoms with Gasteiger partial charge in [-0.15, -0.1) is 0 Å². The van der Waals surface area contributed by atoms with Crippen LogP contribution in [0, 0.1) is 5.41 Å². The summed E-state index contributed by atoms with van der Waals surface area (Å²) in [6.45, 7) is 2.31. The summed E-state index contributed by atoms with van der Waals surface area (Å²) in [7, 11) is 0. The first-order valence-corrected chi connectivity index (χ1v) is 7.19. The van der Waals surface area contributed by atoms with Crippen LogP contribution in [-0.4, -0.2) is 41.6 Å². The predicted molar refractivity (Wildman–Crippen MR) is 78.5 cm³/mol. The third-order valence-electron chi connectivity index (χ3n) is 3.75. The molecular weight excluding hydrogens is 294 g/mol. The topological polar surface area (TPSA) is 66.8 Å². The molecule has 0 bridgehead atoms. The highest BCUT2D eigenvalue weighted by Crippen LogP contribution is 2.30. The number of carboxylic acids is 1. The number of piperidine rings is 1. The lowest BCUT2D eigenvalue weighted by Crippen LogP contribution is -2.49. The van der Waals surface area contributed by atoms with Crippen molar-refractivity contribution >= 4 is 23.5 Å². The van der Waals surface area contributed by atoms with Crippen LogP contribution in [0.5, 0.6) is 5.75 Å². The van der Waals surface area contributed by atoms with Crippen LogP contribution < -0.4 is 4.74 Å². The highest BCUT2D eigenvalue weighted by Gasteiger charge is 2.39. The smallest absolute Gasteiger partial charge is 0.311 e. The molecule has 0 radical (unpaired) electrons. The van der Waals surface area contributed by atoms with Gasteiger partial charge >= 0.3 is 5.97 Å². The lowest BCUT2D eigenvalue weighted by atomic mass is 9.82. The quantitative estimate of drug-likeness (QED) is 0.927. The van der Waals surface area contributed by atoms with E-state index in [2.05, 4.69) is 0 Å². The molecule has 1 atom stereocenters. The number of carboxylic acid groups (broad SMARTS) is 1. The molecule has 6 heteroatoms. The minimum atomic E-state index is -0.877. The van der Waals surface area contributed by atoms with E-state index in [-0.39, 0.29) is 19.1 Å². The van der Waals surface area contributed by atoms with Crippen LogP contribution in [-0.2, 0) is 9.59 Å². The molecule has 1 heterocycles. The molecule has 1 fully saturated rings. The molecule has 0 spiro atoms. The zero-order valence-corrected chi connectivity index (χ0v) is 12.6. The summed E-state index contributed by atoms with van der Waals surface area (Å²) in [6, 6.07) is 6.92. The summed E-state index contributed by atoms with van der Waals surface area (Å²) in [5.41, 5.74) is -0.877. The van der Waals surface area contributed by atoms with Gasteiger partial charge in [0.15, 0.2) is 6.61 Å². The van der Waals surface area contributed by atoms with E-state index in [9.17, 15) is 14.7 Å². The number of carbonyl (C=O) groups is 2. The first-order chi connectivity index (χ1) is 9.92. The Hall–Kier alpha value is -1.75. The molecule has 114 valence electrons. The molecule has 1 aromatic rings. The minimum Gasteiger partial charge on any atom is -0.482 e. The van der Waals surface area contributed by atoms with Crippen molar-refractivity contribution in [2.24, 2.45) is 5.41 Å². The largest absolute Gasteiger partial charge is 0.482 e. The van der Waals surface area contributed by atoms with Crippen molar-refractivity contribution in [2.75, 3.05) is 19.7 Å². The van der Waals surface area contributed by atoms with E-state index in [4.69, 9.17) is 16.3 Å². The van der Waals surface area contributed by atoms with Gasteiger partial charge < -0.3 is 14.7 Å². The molecule has 1 aliphatic rings. The highest BCUT2D eigenvalue weighted by atomic mass is 35.5. The van der Waals surface area contributed by atoms with Crippen LogP contribution in [0.2, 0.25) is 5.02 Å². The van der Waals surface area contributed by atoms with Gasteiger partial charge in [-0.3, -0.25) is 9.59 Å². The fraction of sp³-hybridized carbons (Fsp3) is 0.467. The standard InChI is InChI=1S/C15H18ClNO4/c1-15(14(19)20)7-4-8-17(10-15)13(18)9-21-12-6-3-2-5-11(12)16/h2-3,5-6H,4,7-10H2,1H3,(H,19,20). The molecule has 1 N–H and O–H groups in total. The van der Waals surface area contributed by atoms with Crippen molar-refractivity contribution in [1.29, 1.82) is 0 Å². The van der Waals surface area contributed by atoms with E-state index in [1.807, 2.05) is 0 Å². The van der Waals surface area contributed by atoms with Gasteiger partial charge in [-0.25, -0.2) is 0 Å². The summed E-state index contributed by atoms with van der Waals surface area (Å²) in [5.74, 6) is -0.639. The average Bonchev–Trinajstić information content (AvgIpc) is 2.46. The van der Waals surface area contributed by atoms with E-state index in [0.29, 0.717) is 30.2 Å². The molecule has 1 aliphatic heterocycles. The maximum Gasteiger partial charge on any atom is 0.311 e. The number of carbonyl (C=O) groups excluding carboxylic acids is 1. The van der Waals surface area contributed by atoms with E-state index < -0.39 is 11.4 Å². The summed E-state index contributed by atoms with van der Waals surface area (Å²) in [4.78, 5) is 25.0. The Morgan fingerprint density at radius 1 is 1.43 bits per heavy atom. The number of hydrogen-bond acceptors (Lipinski definition) is 3. The van der Waals surface area contributed by atoms with Crippen LogP contribution >= 0.6 is 11.6 Å². The van der Waals surface area contributed by atoms with Crippen molar-refractivity contribution in [3.63, 3.8) is 0 Å². The number of para-hydroxylation sites is 1. The van der Waals surface area contributed by atoms with Crippen LogP contribution in [0.1, 0.15) is 19.8 Å². The zero-order chi connectivity index (χ0) is 15.5. The van der Waals surface area contributed by atoms with Crippen LogP contribution in [0.25, 0.3) is 0 Å². The monoisotopic (exact) mass is 311 g/mol. The Morgan fingerprint density at radius 3 is 2.81 bits per heavy atom. The van der Waals surface area contributed by atoms with Gasteiger partial charge in [0.2, 0.25) is 0 Å². The molecule has 1 saturated heterocycles. The second kappa shape index (κ2) is 6.35. The lowest BCUT2D eigenvalue weighted by molar-refractivity contribution is -0.153. The zero-order valence-electron chi connectivity index (χ0n) is 11.8. The van der Waals surface area contributed by atoms with E-state index in [1.54, 1.807) is 36.1 Å². The van der Waals surface area contributed by atoms with Gasteiger partial charge in [0.1, 0.15) is 5.75 Å². The normalized spacial score (nSPS) is 21.9. The number of halogens is 1. The Kier molecular flexibility index (Phi) is 4.73. The number of hydrogen-bond donors (Lipinski definition) is 1. The summed E-state index contributed by atoms with van der Waals surface area (Å²) in [6.07, 6.45) is 1.26. The number of benzene rings is 1. The third kappa shape index (κ3) is 3.67. The fourth-order valence-corrected chi connectivity index (χ4v) is 2.61. The number of likely N-dealkylation sites (tertiary alicyclic amines) is 1. The first-order valence-electron chi connectivity index (χ1n) is 6.81. The number of amides is 1. The molecule has 21 heavy (non-hydrogen) atoms. The number of aliphatic carboxylic acids is 1. The highest BCUT2D eigenvalue weighted by molar-refractivity contribution is 6.32. The molecule has 1 amide bonds. The maximum atomic E-state index is 12.2. The Morgan fingerprint density at radius 2 is 2.14 bits per heavy atom. The molecule has 1 unspecified atom stereocenters. The Balaban J connectivity index is 1.94. The summed E-state index contributed by atoms with van der Waals surface area (Å²) >= 11 is 5.95. The SMILES string of the molecule is CC1(C(=O)O)CCCN(C(=O)COc2ccccc2Cl)C1. The molecule has 0 aliphatic carbocycles. The fourth-order valence-electron chi connectivity index (χ4n) is 2.42. The minimum absolute atomic E-state index is 0.139. The van der Waals surface area contributed by atoms with Gasteiger partial charge in [-0.05, 0) is 31.9 Å². The first kappa shape index (κ1) is 15.6. The summed E-state index contributed by atoms with van der Waals surface area (Å²) < 4.78 is 5.41. The van der Waals surface area contributed by atoms with Gasteiger partial charge in [0, 0.05) is 13.1 Å². The second-order valence-corrected chi connectivity index (χ2v) is 5.91. The number of nitrogens with zero attached hydrogens (tertiary/aromatic N) is 1. The van der Waals surface area contributed by atoms with Crippen LogP contribution in [0.3, 0.4) is 0 Å². The number of ether oxygens (including phenoxy) is 1. The lowest BCUT2D eigenvalue weighted by Gasteiger charge is -2.37. The third-order valence-corrected chi connectivity index (χ3v) is 4.07. The van der Waals surface area contributed by atoms with Crippen molar-refractivity contribution in [2.45, 2.75) is 19.8 Å². The molecule has 0 aromatic heterocycles. The van der Waals surface area contributed by atoms with Crippen LogP contribution in [0.15, 0.2) is 24.3 Å². The van der Waals surface area contributed by atoms with Crippen molar-refractivity contribution < 1.29 is 19.4 Å². The maximum absolute atomic E-state index is 12.2. The second-order valence-electron chi connectivity index (χ2n) is 5.50. The van der Waals surface area contributed by atoms with Crippen LogP contribution in [0.4, 0.5) is 0 Å². The number of rotatable bonds is 4. The van der Waals surface area contributed by atoms with Gasteiger partial charge in [0.05, 0.1) is 10.4 Å². The average molecular weight is 312 g/mol. The van der Waals surface area contributed by atoms with Gasteiger partial charge in [0.25, 0.3) is 5.91 Å². The van der Waals surface area contributed by atoms with Crippen molar-refractivity contribution in [3.8, 4) is 5.75 Å². The van der Waals surface area contributed by atoms with Gasteiger partial charge in [-0.2, -0.15) is 0 Å². The molecule has 1 aromatic carbocycles. The molecular formula is C15H18ClNO4. The van der Waals surface area contributed by atoms with E-state index >= 15 is 0 Å².